The summed E-state index contributed by atoms with van der Waals surface area (Å²) in [5.41, 5.74) is 0.460. The van der Waals surface area contributed by atoms with E-state index in [0.29, 0.717) is 18.8 Å². The number of piperidine rings is 1. The van der Waals surface area contributed by atoms with E-state index in [1.807, 2.05) is 0 Å². The third kappa shape index (κ3) is 3.18. The predicted octanol–water partition coefficient (Wildman–Crippen LogP) is 2.36. The molecule has 1 aliphatic heterocycles. The maximum atomic E-state index is 13.1. The summed E-state index contributed by atoms with van der Waals surface area (Å²) in [7, 11) is 0. The second kappa shape index (κ2) is 5.90. The fourth-order valence-corrected chi connectivity index (χ4v) is 2.57. The molecule has 1 aromatic carbocycles. The molecular formula is C14H16FN5O. The monoisotopic (exact) mass is 289 g/mol. The van der Waals surface area contributed by atoms with Crippen molar-refractivity contribution in [1.82, 2.24) is 20.1 Å². The summed E-state index contributed by atoms with van der Waals surface area (Å²) in [6.45, 7) is 1.27. The maximum absolute atomic E-state index is 13.1. The van der Waals surface area contributed by atoms with Crippen LogP contribution in [0.3, 0.4) is 0 Å². The van der Waals surface area contributed by atoms with E-state index >= 15 is 0 Å². The lowest BCUT2D eigenvalue weighted by Gasteiger charge is -2.31. The minimum Gasteiger partial charge on any atom is -0.324 e. The molecule has 7 heteroatoms. The van der Waals surface area contributed by atoms with E-state index in [1.165, 1.54) is 18.5 Å². The predicted molar refractivity (Wildman–Crippen MR) is 75.3 cm³/mol. The molecule has 0 spiro atoms. The topological polar surface area (TPSA) is 73.9 Å². The van der Waals surface area contributed by atoms with Gasteiger partial charge < -0.3 is 10.2 Å². The number of benzene rings is 1. The Morgan fingerprint density at radius 1 is 1.48 bits per heavy atom. The average molecular weight is 289 g/mol. The number of likely N-dealkylation sites (tertiary alicyclic amines) is 1. The number of rotatable bonds is 2. The zero-order valence-corrected chi connectivity index (χ0v) is 11.4. The van der Waals surface area contributed by atoms with Crippen LogP contribution in [-0.4, -0.2) is 39.2 Å². The van der Waals surface area contributed by atoms with Gasteiger partial charge in [0.05, 0.1) is 0 Å². The van der Waals surface area contributed by atoms with E-state index < -0.39 is 0 Å². The third-order valence-electron chi connectivity index (χ3n) is 3.60. The molecule has 110 valence electrons. The van der Waals surface area contributed by atoms with Crippen LogP contribution in [0.2, 0.25) is 0 Å². The summed E-state index contributed by atoms with van der Waals surface area (Å²) < 4.78 is 13.1. The van der Waals surface area contributed by atoms with Crippen LogP contribution in [0.15, 0.2) is 30.6 Å². The number of amides is 2. The van der Waals surface area contributed by atoms with Gasteiger partial charge in [-0.15, -0.1) is 0 Å². The van der Waals surface area contributed by atoms with Crippen LogP contribution in [0.5, 0.6) is 0 Å². The fraction of sp³-hybridized carbons (Fsp3) is 0.357. The highest BCUT2D eigenvalue weighted by Crippen LogP contribution is 2.24. The number of urea groups is 1. The molecule has 2 N–H and O–H groups in total. The first-order valence-electron chi connectivity index (χ1n) is 6.89. The quantitative estimate of drug-likeness (QED) is 0.891. The molecule has 6 nitrogen and oxygen atoms in total. The van der Waals surface area contributed by atoms with E-state index in [-0.39, 0.29) is 17.8 Å². The number of aromatic nitrogens is 3. The molecule has 1 fully saturated rings. The molecule has 1 atom stereocenters. The van der Waals surface area contributed by atoms with Crippen LogP contribution in [0, 0.1) is 5.82 Å². The average Bonchev–Trinajstić information content (AvgIpc) is 3.02. The molecule has 1 aliphatic rings. The summed E-state index contributed by atoms with van der Waals surface area (Å²) in [6, 6.07) is 5.66. The Hall–Kier alpha value is -2.44. The van der Waals surface area contributed by atoms with Crippen molar-refractivity contribution < 1.29 is 9.18 Å². The van der Waals surface area contributed by atoms with Crippen LogP contribution in [-0.2, 0) is 0 Å². The molecule has 2 aromatic rings. The number of carbonyl (C=O) groups excluding carboxylic acids is 1. The molecule has 21 heavy (non-hydrogen) atoms. The van der Waals surface area contributed by atoms with Gasteiger partial charge in [0.1, 0.15) is 18.0 Å². The zero-order chi connectivity index (χ0) is 14.7. The lowest BCUT2D eigenvalue weighted by atomic mass is 9.98. The number of hydrogen-bond donors (Lipinski definition) is 2. The molecule has 0 radical (unpaired) electrons. The van der Waals surface area contributed by atoms with Crippen LogP contribution in [0.1, 0.15) is 24.6 Å². The Morgan fingerprint density at radius 3 is 3.14 bits per heavy atom. The number of nitrogens with one attached hydrogen (secondary N) is 2. The van der Waals surface area contributed by atoms with Gasteiger partial charge in [0, 0.05) is 24.7 Å². The first kappa shape index (κ1) is 13.5. The molecule has 0 bridgehead atoms. The minimum atomic E-state index is -0.369. The van der Waals surface area contributed by atoms with Gasteiger partial charge in [0.2, 0.25) is 0 Å². The third-order valence-corrected chi connectivity index (χ3v) is 3.60. The van der Waals surface area contributed by atoms with Crippen molar-refractivity contribution in [1.29, 1.82) is 0 Å². The summed E-state index contributed by atoms with van der Waals surface area (Å²) in [6.07, 6.45) is 3.35. The summed E-state index contributed by atoms with van der Waals surface area (Å²) in [5.74, 6) is 0.601. The molecule has 2 heterocycles. The molecule has 1 aromatic heterocycles. The Labute approximate surface area is 121 Å². The van der Waals surface area contributed by atoms with E-state index in [4.69, 9.17) is 0 Å². The minimum absolute atomic E-state index is 0.166. The van der Waals surface area contributed by atoms with Gasteiger partial charge >= 0.3 is 6.03 Å². The number of aromatic amines is 1. The van der Waals surface area contributed by atoms with Crippen molar-refractivity contribution in [2.45, 2.75) is 18.8 Å². The highest BCUT2D eigenvalue weighted by molar-refractivity contribution is 5.89. The lowest BCUT2D eigenvalue weighted by molar-refractivity contribution is 0.191. The molecule has 2 amide bonds. The largest absolute Gasteiger partial charge is 0.324 e. The van der Waals surface area contributed by atoms with Crippen LogP contribution < -0.4 is 5.32 Å². The highest BCUT2D eigenvalue weighted by Gasteiger charge is 2.26. The van der Waals surface area contributed by atoms with Crippen molar-refractivity contribution >= 4 is 11.7 Å². The van der Waals surface area contributed by atoms with E-state index in [0.717, 1.165) is 18.7 Å². The fourth-order valence-electron chi connectivity index (χ4n) is 2.57. The number of carbonyl (C=O) groups is 1. The summed E-state index contributed by atoms with van der Waals surface area (Å²) in [4.78, 5) is 18.1. The van der Waals surface area contributed by atoms with Gasteiger partial charge in [-0.05, 0) is 31.0 Å². The number of halogens is 1. The molecule has 0 aliphatic carbocycles. The van der Waals surface area contributed by atoms with Gasteiger partial charge in [-0.3, -0.25) is 5.10 Å². The first-order chi connectivity index (χ1) is 10.2. The summed E-state index contributed by atoms with van der Waals surface area (Å²) >= 11 is 0. The first-order valence-corrected chi connectivity index (χ1v) is 6.89. The van der Waals surface area contributed by atoms with Gasteiger partial charge in [0.25, 0.3) is 0 Å². The van der Waals surface area contributed by atoms with Crippen molar-refractivity contribution in [3.8, 4) is 0 Å². The molecule has 0 unspecified atom stereocenters. The maximum Gasteiger partial charge on any atom is 0.321 e. The molecule has 0 saturated carbocycles. The second-order valence-electron chi connectivity index (χ2n) is 5.10. The van der Waals surface area contributed by atoms with Gasteiger partial charge in [-0.1, -0.05) is 6.07 Å². The zero-order valence-electron chi connectivity index (χ0n) is 11.4. The van der Waals surface area contributed by atoms with E-state index in [2.05, 4.69) is 20.5 Å². The molecule has 3 rings (SSSR count). The summed E-state index contributed by atoms with van der Waals surface area (Å²) in [5, 5.41) is 9.42. The normalized spacial score (nSPS) is 18.5. The van der Waals surface area contributed by atoms with Crippen molar-refractivity contribution in [2.75, 3.05) is 18.4 Å². The second-order valence-corrected chi connectivity index (χ2v) is 5.10. The standard InChI is InChI=1S/C14H16FN5O/c15-11-4-1-5-12(7-11)18-14(21)20-6-2-3-10(8-20)13-16-9-17-19-13/h1,4-5,7,9-10H,2-3,6,8H2,(H,18,21)(H,16,17,19)/t10-/m0/s1. The SMILES string of the molecule is O=C(Nc1cccc(F)c1)N1CCC[C@H](c2ncn[nH]2)C1. The Morgan fingerprint density at radius 2 is 2.38 bits per heavy atom. The Balaban J connectivity index is 1.64. The Bertz CT molecular complexity index is 616. The van der Waals surface area contributed by atoms with Crippen molar-refractivity contribution in [3.63, 3.8) is 0 Å². The van der Waals surface area contributed by atoms with Crippen LogP contribution in [0.25, 0.3) is 0 Å². The van der Waals surface area contributed by atoms with Gasteiger partial charge in [0.15, 0.2) is 0 Å². The van der Waals surface area contributed by atoms with E-state index in [1.54, 1.807) is 17.0 Å². The van der Waals surface area contributed by atoms with Gasteiger partial charge in [-0.2, -0.15) is 5.10 Å². The number of H-pyrrole nitrogens is 1. The van der Waals surface area contributed by atoms with Crippen molar-refractivity contribution in [2.24, 2.45) is 0 Å². The van der Waals surface area contributed by atoms with Crippen LogP contribution >= 0.6 is 0 Å². The number of hydrogen-bond acceptors (Lipinski definition) is 3. The smallest absolute Gasteiger partial charge is 0.321 e. The highest BCUT2D eigenvalue weighted by atomic mass is 19.1. The molecule has 1 saturated heterocycles. The number of anilines is 1. The van der Waals surface area contributed by atoms with E-state index in [9.17, 15) is 9.18 Å². The Kier molecular flexibility index (Phi) is 3.81. The van der Waals surface area contributed by atoms with Crippen molar-refractivity contribution in [3.05, 3.63) is 42.2 Å². The lowest BCUT2D eigenvalue weighted by Crippen LogP contribution is -2.41. The number of nitrogens with zero attached hydrogens (tertiary/aromatic N) is 3. The van der Waals surface area contributed by atoms with Crippen LogP contribution in [0.4, 0.5) is 14.9 Å². The molecular weight excluding hydrogens is 273 g/mol. The van der Waals surface area contributed by atoms with Gasteiger partial charge in [-0.25, -0.2) is 14.2 Å².